The van der Waals surface area contributed by atoms with Crippen LogP contribution in [0.1, 0.15) is 15.9 Å². The van der Waals surface area contributed by atoms with Crippen molar-refractivity contribution in [2.24, 2.45) is 0 Å². The van der Waals surface area contributed by atoms with Crippen LogP contribution >= 0.6 is 15.9 Å². The van der Waals surface area contributed by atoms with Gasteiger partial charge in [-0.05, 0) is 29.8 Å². The van der Waals surface area contributed by atoms with Gasteiger partial charge in [0.15, 0.2) is 17.5 Å². The van der Waals surface area contributed by atoms with Gasteiger partial charge in [0, 0.05) is 18.1 Å². The number of carbonyl (C=O) groups is 1. The minimum atomic E-state index is -1.64. The molecule has 0 aliphatic carbocycles. The summed E-state index contributed by atoms with van der Waals surface area (Å²) in [5.41, 5.74) is 0.328. The first-order chi connectivity index (χ1) is 9.90. The summed E-state index contributed by atoms with van der Waals surface area (Å²) < 4.78 is 40.5. The van der Waals surface area contributed by atoms with Gasteiger partial charge in [-0.2, -0.15) is 0 Å². The third-order valence-electron chi connectivity index (χ3n) is 2.92. The maximum absolute atomic E-state index is 13.6. The number of carbonyl (C=O) groups excluding carboxylic acids is 1. The lowest BCUT2D eigenvalue weighted by atomic mass is 10.1. The van der Waals surface area contributed by atoms with Gasteiger partial charge < -0.3 is 4.90 Å². The fraction of sp³-hybridized carbons (Fsp3) is 0.133. The molecule has 0 aromatic heterocycles. The standard InChI is InChI=1S/C15H11BrF3NO/c1-20(8-9-3-2-4-10(16)7-9)15(21)11-5-6-12(17)14(19)13(11)18/h2-7H,8H2,1H3. The summed E-state index contributed by atoms with van der Waals surface area (Å²) >= 11 is 3.31. The monoisotopic (exact) mass is 357 g/mol. The van der Waals surface area contributed by atoms with Crippen LogP contribution in [0.4, 0.5) is 13.2 Å². The maximum Gasteiger partial charge on any atom is 0.256 e. The maximum atomic E-state index is 13.6. The molecule has 2 aromatic carbocycles. The molecule has 0 fully saturated rings. The molecule has 0 bridgehead atoms. The first kappa shape index (κ1) is 15.6. The summed E-state index contributed by atoms with van der Waals surface area (Å²) in [5.74, 6) is -5.15. The van der Waals surface area contributed by atoms with E-state index in [0.717, 1.165) is 22.2 Å². The zero-order chi connectivity index (χ0) is 15.6. The molecule has 2 nitrogen and oxygen atoms in total. The van der Waals surface area contributed by atoms with Gasteiger partial charge in [0.2, 0.25) is 0 Å². The number of hydrogen-bond donors (Lipinski definition) is 0. The Bertz CT molecular complexity index is 691. The van der Waals surface area contributed by atoms with E-state index in [1.165, 1.54) is 11.9 Å². The van der Waals surface area contributed by atoms with Crippen molar-refractivity contribution < 1.29 is 18.0 Å². The molecule has 0 aliphatic rings. The highest BCUT2D eigenvalue weighted by atomic mass is 79.9. The summed E-state index contributed by atoms with van der Waals surface area (Å²) in [6.45, 7) is 0.219. The molecule has 0 saturated carbocycles. The Kier molecular flexibility index (Phi) is 4.67. The predicted octanol–water partition coefficient (Wildman–Crippen LogP) is 4.14. The molecule has 1 amide bonds. The van der Waals surface area contributed by atoms with E-state index in [9.17, 15) is 18.0 Å². The van der Waals surface area contributed by atoms with Gasteiger partial charge in [0.1, 0.15) is 0 Å². The van der Waals surface area contributed by atoms with Gasteiger partial charge in [0.05, 0.1) is 5.56 Å². The molecular weight excluding hydrogens is 347 g/mol. The number of amides is 1. The third kappa shape index (κ3) is 3.44. The first-order valence-electron chi connectivity index (χ1n) is 6.03. The van der Waals surface area contributed by atoms with Crippen molar-refractivity contribution in [1.82, 2.24) is 4.90 Å². The van der Waals surface area contributed by atoms with E-state index in [2.05, 4.69) is 15.9 Å². The quantitative estimate of drug-likeness (QED) is 0.756. The van der Waals surface area contributed by atoms with E-state index >= 15 is 0 Å². The molecule has 0 radical (unpaired) electrons. The van der Waals surface area contributed by atoms with E-state index in [1.807, 2.05) is 12.1 Å². The molecule has 0 spiro atoms. The molecule has 0 atom stereocenters. The fourth-order valence-corrected chi connectivity index (χ4v) is 2.32. The van der Waals surface area contributed by atoms with Crippen molar-refractivity contribution >= 4 is 21.8 Å². The molecule has 0 N–H and O–H groups in total. The van der Waals surface area contributed by atoms with E-state index in [1.54, 1.807) is 12.1 Å². The van der Waals surface area contributed by atoms with Crippen LogP contribution < -0.4 is 0 Å². The average molecular weight is 358 g/mol. The van der Waals surface area contributed by atoms with Gasteiger partial charge in [-0.1, -0.05) is 28.1 Å². The van der Waals surface area contributed by atoms with Gasteiger partial charge >= 0.3 is 0 Å². The lowest BCUT2D eigenvalue weighted by Gasteiger charge is -2.18. The van der Waals surface area contributed by atoms with Gasteiger partial charge in [-0.15, -0.1) is 0 Å². The molecule has 110 valence electrons. The molecule has 2 aromatic rings. The van der Waals surface area contributed by atoms with Crippen LogP contribution in [0.15, 0.2) is 40.9 Å². The highest BCUT2D eigenvalue weighted by molar-refractivity contribution is 9.10. The zero-order valence-electron chi connectivity index (χ0n) is 11.0. The van der Waals surface area contributed by atoms with Gasteiger partial charge in [-0.25, -0.2) is 13.2 Å². The highest BCUT2D eigenvalue weighted by Crippen LogP contribution is 2.18. The summed E-state index contributed by atoms with van der Waals surface area (Å²) in [6.07, 6.45) is 0. The van der Waals surface area contributed by atoms with E-state index in [-0.39, 0.29) is 6.54 Å². The lowest BCUT2D eigenvalue weighted by Crippen LogP contribution is -2.27. The summed E-state index contributed by atoms with van der Waals surface area (Å²) in [6, 6.07) is 8.92. The van der Waals surface area contributed by atoms with Gasteiger partial charge in [-0.3, -0.25) is 4.79 Å². The normalized spacial score (nSPS) is 10.5. The number of hydrogen-bond acceptors (Lipinski definition) is 1. The van der Waals surface area contributed by atoms with E-state index in [4.69, 9.17) is 0 Å². The Morgan fingerprint density at radius 2 is 1.86 bits per heavy atom. The highest BCUT2D eigenvalue weighted by Gasteiger charge is 2.21. The van der Waals surface area contributed by atoms with Crippen LogP contribution in [0.5, 0.6) is 0 Å². The molecule has 0 unspecified atom stereocenters. The van der Waals surface area contributed by atoms with Crippen LogP contribution in [0.3, 0.4) is 0 Å². The Labute approximate surface area is 128 Å². The first-order valence-corrected chi connectivity index (χ1v) is 6.83. The number of rotatable bonds is 3. The van der Waals surface area contributed by atoms with Crippen LogP contribution in [0.25, 0.3) is 0 Å². The van der Waals surface area contributed by atoms with Crippen LogP contribution in [-0.4, -0.2) is 17.9 Å². The zero-order valence-corrected chi connectivity index (χ0v) is 12.6. The average Bonchev–Trinajstić information content (AvgIpc) is 2.44. The smallest absolute Gasteiger partial charge is 0.256 e. The SMILES string of the molecule is CN(Cc1cccc(Br)c1)C(=O)c1ccc(F)c(F)c1F. The van der Waals surface area contributed by atoms with Crippen molar-refractivity contribution in [2.75, 3.05) is 7.05 Å². The van der Waals surface area contributed by atoms with Crippen molar-refractivity contribution in [1.29, 1.82) is 0 Å². The molecule has 21 heavy (non-hydrogen) atoms. The van der Waals surface area contributed by atoms with Crippen LogP contribution in [0.2, 0.25) is 0 Å². The Morgan fingerprint density at radius 1 is 1.14 bits per heavy atom. The van der Waals surface area contributed by atoms with E-state index in [0.29, 0.717) is 0 Å². The van der Waals surface area contributed by atoms with E-state index < -0.39 is 28.9 Å². The third-order valence-corrected chi connectivity index (χ3v) is 3.41. The summed E-state index contributed by atoms with van der Waals surface area (Å²) in [5, 5.41) is 0. The number of nitrogens with zero attached hydrogens (tertiary/aromatic N) is 1. The van der Waals surface area contributed by atoms with Gasteiger partial charge in [0.25, 0.3) is 5.91 Å². The second-order valence-corrected chi connectivity index (χ2v) is 5.43. The summed E-state index contributed by atoms with van der Waals surface area (Å²) in [7, 11) is 1.46. The molecule has 2 rings (SSSR count). The lowest BCUT2D eigenvalue weighted by molar-refractivity contribution is 0.0779. The second kappa shape index (κ2) is 6.30. The molecule has 0 aliphatic heterocycles. The van der Waals surface area contributed by atoms with Crippen molar-refractivity contribution in [3.63, 3.8) is 0 Å². The topological polar surface area (TPSA) is 20.3 Å². The Balaban J connectivity index is 2.22. The predicted molar refractivity (Wildman–Crippen MR) is 76.3 cm³/mol. The molecule has 6 heteroatoms. The van der Waals surface area contributed by atoms with Crippen molar-refractivity contribution in [2.45, 2.75) is 6.54 Å². The van der Waals surface area contributed by atoms with Crippen molar-refractivity contribution in [3.05, 3.63) is 69.4 Å². The number of halogens is 4. The minimum absolute atomic E-state index is 0.219. The fourth-order valence-electron chi connectivity index (χ4n) is 1.88. The molecule has 0 saturated heterocycles. The largest absolute Gasteiger partial charge is 0.337 e. The second-order valence-electron chi connectivity index (χ2n) is 4.51. The molecule has 0 heterocycles. The van der Waals surface area contributed by atoms with Crippen LogP contribution in [0, 0.1) is 17.5 Å². The minimum Gasteiger partial charge on any atom is -0.337 e. The Hall–Kier alpha value is -1.82. The Morgan fingerprint density at radius 3 is 2.52 bits per heavy atom. The van der Waals surface area contributed by atoms with Crippen molar-refractivity contribution in [3.8, 4) is 0 Å². The summed E-state index contributed by atoms with van der Waals surface area (Å²) in [4.78, 5) is 13.3. The molecular formula is C15H11BrF3NO. The van der Waals surface area contributed by atoms with Crippen LogP contribution in [-0.2, 0) is 6.54 Å². The number of benzene rings is 2.